The minimum Gasteiger partial charge on any atom is -1.00 e. The average Bonchev–Trinajstić information content (AvgIpc) is 1.88. The number of nitrogens with two attached hydrogens (primary N) is 1. The second kappa shape index (κ2) is 6.80. The molecule has 12 heavy (non-hydrogen) atoms. The first-order valence-corrected chi connectivity index (χ1v) is 3.88. The van der Waals surface area contributed by atoms with Crippen LogP contribution in [0.15, 0.2) is 0 Å². The fourth-order valence-electron chi connectivity index (χ4n) is 0.976. The quantitative estimate of drug-likeness (QED) is 0.338. The van der Waals surface area contributed by atoms with Gasteiger partial charge in [0.1, 0.15) is 19.3 Å². The topological polar surface area (TPSA) is 66.5 Å². The highest BCUT2D eigenvalue weighted by molar-refractivity contribution is 4.42. The number of hydrogen-bond donors (Lipinski definition) is 3. The lowest BCUT2D eigenvalue weighted by atomic mass is 10.3. The van der Waals surface area contributed by atoms with Crippen LogP contribution < -0.4 is 22.7 Å². The molecule has 0 radical (unpaired) electrons. The number of aliphatic hydroxyl groups is 2. The van der Waals surface area contributed by atoms with Crippen molar-refractivity contribution in [1.82, 2.24) is 0 Å². The lowest BCUT2D eigenvalue weighted by Crippen LogP contribution is -3.00. The van der Waals surface area contributed by atoms with Gasteiger partial charge >= 0.3 is 0 Å². The summed E-state index contributed by atoms with van der Waals surface area (Å²) in [6, 6.07) is 0. The highest BCUT2D eigenvalue weighted by Crippen LogP contribution is 2.03. The Hall–Kier alpha value is 0.320. The first kappa shape index (κ1) is 14.8. The second-order valence-corrected chi connectivity index (χ2v) is 3.11. The van der Waals surface area contributed by atoms with Crippen molar-refractivity contribution in [3.63, 3.8) is 0 Å². The molecular weight excluding hydrogens is 224 g/mol. The molecule has 0 saturated carbocycles. The highest BCUT2D eigenvalue weighted by atomic mass is 79.9. The SMILES string of the molecule is CC(N)[N+](C)(CCO)CCO.[Br-]. The van der Waals surface area contributed by atoms with Crippen molar-refractivity contribution in [2.45, 2.75) is 13.1 Å². The molecule has 1 atom stereocenters. The highest BCUT2D eigenvalue weighted by Gasteiger charge is 2.24. The number of likely N-dealkylation sites (N-methyl/N-ethyl adjacent to an activating group) is 1. The summed E-state index contributed by atoms with van der Waals surface area (Å²) in [6.45, 7) is 3.29. The molecule has 4 N–H and O–H groups in total. The maximum absolute atomic E-state index is 8.72. The number of rotatable bonds is 5. The van der Waals surface area contributed by atoms with E-state index in [9.17, 15) is 0 Å². The van der Waals surface area contributed by atoms with Crippen LogP contribution in [0.25, 0.3) is 0 Å². The van der Waals surface area contributed by atoms with Gasteiger partial charge in [0.05, 0.1) is 20.3 Å². The molecule has 1 unspecified atom stereocenters. The van der Waals surface area contributed by atoms with E-state index in [2.05, 4.69) is 0 Å². The predicted molar refractivity (Wildman–Crippen MR) is 43.7 cm³/mol. The monoisotopic (exact) mass is 242 g/mol. The van der Waals surface area contributed by atoms with E-state index in [0.717, 1.165) is 0 Å². The number of aliphatic hydroxyl groups excluding tert-OH is 2. The molecule has 0 aliphatic heterocycles. The molecule has 0 heterocycles. The largest absolute Gasteiger partial charge is 1.00 e. The summed E-state index contributed by atoms with van der Waals surface area (Å²) in [7, 11) is 1.93. The summed E-state index contributed by atoms with van der Waals surface area (Å²) in [5.41, 5.74) is 5.69. The van der Waals surface area contributed by atoms with Crippen molar-refractivity contribution >= 4 is 0 Å². The van der Waals surface area contributed by atoms with Crippen LogP contribution in [-0.2, 0) is 0 Å². The Balaban J connectivity index is 0. The average molecular weight is 243 g/mol. The maximum atomic E-state index is 8.72. The third-order valence-electron chi connectivity index (χ3n) is 2.20. The molecule has 0 fully saturated rings. The van der Waals surface area contributed by atoms with Gasteiger partial charge in [-0.15, -0.1) is 0 Å². The molecule has 5 heteroatoms. The van der Waals surface area contributed by atoms with Crippen molar-refractivity contribution < 1.29 is 31.7 Å². The Bertz CT molecular complexity index is 106. The summed E-state index contributed by atoms with van der Waals surface area (Å²) in [4.78, 5) is 0. The Kier molecular flexibility index (Phi) is 8.39. The van der Waals surface area contributed by atoms with E-state index in [-0.39, 0.29) is 36.4 Å². The molecule has 0 aliphatic rings. The van der Waals surface area contributed by atoms with Crippen molar-refractivity contribution in [2.24, 2.45) is 5.73 Å². The molecule has 0 bridgehead atoms. The number of quaternary nitrogens is 1. The van der Waals surface area contributed by atoms with Crippen LogP contribution in [0.1, 0.15) is 6.92 Å². The van der Waals surface area contributed by atoms with Crippen LogP contribution in [0.5, 0.6) is 0 Å². The van der Waals surface area contributed by atoms with Gasteiger partial charge in [-0.05, 0) is 0 Å². The van der Waals surface area contributed by atoms with Crippen LogP contribution in [0, 0.1) is 0 Å². The van der Waals surface area contributed by atoms with Gasteiger partial charge in [0, 0.05) is 6.92 Å². The first-order chi connectivity index (χ1) is 5.06. The summed E-state index contributed by atoms with van der Waals surface area (Å²) >= 11 is 0. The fourth-order valence-corrected chi connectivity index (χ4v) is 0.976. The molecule has 0 aromatic carbocycles. The van der Waals surface area contributed by atoms with E-state index in [1.807, 2.05) is 14.0 Å². The Labute approximate surface area is 84.3 Å². The summed E-state index contributed by atoms with van der Waals surface area (Å²) in [5, 5.41) is 17.4. The van der Waals surface area contributed by atoms with Crippen LogP contribution >= 0.6 is 0 Å². The second-order valence-electron chi connectivity index (χ2n) is 3.11. The third kappa shape index (κ3) is 4.37. The van der Waals surface area contributed by atoms with Gasteiger partial charge in [0.25, 0.3) is 0 Å². The van der Waals surface area contributed by atoms with Crippen molar-refractivity contribution in [3.8, 4) is 0 Å². The van der Waals surface area contributed by atoms with Gasteiger partial charge in [0.15, 0.2) is 0 Å². The molecule has 0 rings (SSSR count). The van der Waals surface area contributed by atoms with E-state index in [1.54, 1.807) is 0 Å². The minimum atomic E-state index is -0.0469. The lowest BCUT2D eigenvalue weighted by Gasteiger charge is -2.36. The maximum Gasteiger partial charge on any atom is 0.137 e. The van der Waals surface area contributed by atoms with Crippen molar-refractivity contribution in [1.29, 1.82) is 0 Å². The minimum absolute atomic E-state index is 0. The Morgan fingerprint density at radius 3 is 1.75 bits per heavy atom. The van der Waals surface area contributed by atoms with Crippen molar-refractivity contribution in [3.05, 3.63) is 0 Å². The van der Waals surface area contributed by atoms with E-state index >= 15 is 0 Å². The van der Waals surface area contributed by atoms with E-state index < -0.39 is 0 Å². The molecule has 0 aromatic rings. The van der Waals surface area contributed by atoms with Gasteiger partial charge in [-0.3, -0.25) is 5.73 Å². The summed E-state index contributed by atoms with van der Waals surface area (Å²) in [5.74, 6) is 0. The van der Waals surface area contributed by atoms with Crippen molar-refractivity contribution in [2.75, 3.05) is 33.4 Å². The standard InChI is InChI=1S/C7H19N2O2.BrH/c1-7(8)9(2,3-5-10)4-6-11;/h7,10-11H,3-6,8H2,1-2H3;1H/q+1;/p-1. The number of halogens is 1. The molecule has 0 aliphatic carbocycles. The molecule has 0 amide bonds. The van der Waals surface area contributed by atoms with E-state index in [1.165, 1.54) is 0 Å². The zero-order valence-corrected chi connectivity index (χ0v) is 9.29. The fraction of sp³-hybridized carbons (Fsp3) is 1.00. The summed E-state index contributed by atoms with van der Waals surface area (Å²) < 4.78 is 0.521. The number of hydrogen-bond acceptors (Lipinski definition) is 3. The Morgan fingerprint density at radius 1 is 1.25 bits per heavy atom. The lowest BCUT2D eigenvalue weighted by molar-refractivity contribution is -0.931. The van der Waals surface area contributed by atoms with E-state index in [4.69, 9.17) is 15.9 Å². The van der Waals surface area contributed by atoms with Gasteiger partial charge in [-0.1, -0.05) is 0 Å². The zero-order chi connectivity index (χ0) is 8.91. The predicted octanol–water partition coefficient (Wildman–Crippen LogP) is -4.27. The van der Waals surface area contributed by atoms with Gasteiger partial charge < -0.3 is 31.7 Å². The van der Waals surface area contributed by atoms with E-state index in [0.29, 0.717) is 17.6 Å². The normalized spacial score (nSPS) is 13.8. The zero-order valence-electron chi connectivity index (χ0n) is 7.70. The smallest absolute Gasteiger partial charge is 0.137 e. The molecule has 0 saturated heterocycles. The molecule has 76 valence electrons. The molecule has 0 spiro atoms. The van der Waals surface area contributed by atoms with Crippen LogP contribution in [0.2, 0.25) is 0 Å². The molecule has 0 aromatic heterocycles. The Morgan fingerprint density at radius 2 is 1.58 bits per heavy atom. The molecule has 4 nitrogen and oxygen atoms in total. The van der Waals surface area contributed by atoms with Gasteiger partial charge in [-0.2, -0.15) is 0 Å². The van der Waals surface area contributed by atoms with Crippen LogP contribution in [-0.4, -0.2) is 54.2 Å². The van der Waals surface area contributed by atoms with Crippen LogP contribution in [0.4, 0.5) is 0 Å². The third-order valence-corrected chi connectivity index (χ3v) is 2.20. The summed E-state index contributed by atoms with van der Waals surface area (Å²) in [6.07, 6.45) is -0.0469. The van der Waals surface area contributed by atoms with Crippen LogP contribution in [0.3, 0.4) is 0 Å². The van der Waals surface area contributed by atoms with Gasteiger partial charge in [-0.25, -0.2) is 0 Å². The van der Waals surface area contributed by atoms with Gasteiger partial charge in [0.2, 0.25) is 0 Å². The molecular formula is C7H19BrN2O2. The number of nitrogens with zero attached hydrogens (tertiary/aromatic N) is 1. The first-order valence-electron chi connectivity index (χ1n) is 3.88.